The van der Waals surface area contributed by atoms with Crippen LogP contribution in [0.5, 0.6) is 0 Å². The number of para-hydroxylation sites is 2. The molecule has 0 spiro atoms. The maximum Gasteiger partial charge on any atom is 0.329 e. The zero-order chi connectivity index (χ0) is 14.8. The standard InChI is InChI=1S/C15H18N4O2/c1-3-9-18-11-7-5-6-8-12(11)19(15(18)20)10-14-17-16-13(4-2)21-14/h5-8H,3-4,9-10H2,1-2H3. The average Bonchev–Trinajstić information content (AvgIpc) is 3.06. The van der Waals surface area contributed by atoms with Gasteiger partial charge in [0.2, 0.25) is 11.8 Å². The summed E-state index contributed by atoms with van der Waals surface area (Å²) in [6, 6.07) is 7.79. The molecule has 1 aromatic carbocycles. The lowest BCUT2D eigenvalue weighted by Gasteiger charge is -1.98. The van der Waals surface area contributed by atoms with Crippen LogP contribution in [0.2, 0.25) is 0 Å². The summed E-state index contributed by atoms with van der Waals surface area (Å²) in [5.41, 5.74) is 1.81. The fourth-order valence-corrected chi connectivity index (χ4v) is 2.50. The number of hydrogen-bond donors (Lipinski definition) is 0. The average molecular weight is 286 g/mol. The van der Waals surface area contributed by atoms with Crippen molar-refractivity contribution >= 4 is 11.0 Å². The summed E-state index contributed by atoms with van der Waals surface area (Å²) in [4.78, 5) is 12.6. The van der Waals surface area contributed by atoms with Crippen LogP contribution in [0.3, 0.4) is 0 Å². The minimum atomic E-state index is -0.0331. The van der Waals surface area contributed by atoms with Crippen LogP contribution in [0, 0.1) is 0 Å². The van der Waals surface area contributed by atoms with E-state index in [0.29, 0.717) is 31.3 Å². The highest BCUT2D eigenvalue weighted by atomic mass is 16.4. The minimum absolute atomic E-state index is 0.0331. The maximum atomic E-state index is 12.6. The van der Waals surface area contributed by atoms with Gasteiger partial charge in [0.1, 0.15) is 6.54 Å². The predicted octanol–water partition coefficient (Wildman–Crippen LogP) is 2.21. The summed E-state index contributed by atoms with van der Waals surface area (Å²) in [5.74, 6) is 1.06. The topological polar surface area (TPSA) is 65.8 Å². The third-order valence-corrected chi connectivity index (χ3v) is 3.48. The molecule has 3 aromatic rings. The summed E-state index contributed by atoms with van der Waals surface area (Å²) >= 11 is 0. The first kappa shape index (κ1) is 13.6. The van der Waals surface area contributed by atoms with Gasteiger partial charge in [-0.05, 0) is 18.6 Å². The SMILES string of the molecule is CCCn1c(=O)n(Cc2nnc(CC)o2)c2ccccc21. The van der Waals surface area contributed by atoms with Crippen molar-refractivity contribution in [3.63, 3.8) is 0 Å². The molecule has 2 heterocycles. The molecule has 0 aliphatic rings. The van der Waals surface area contributed by atoms with E-state index < -0.39 is 0 Å². The molecule has 0 atom stereocenters. The van der Waals surface area contributed by atoms with E-state index in [1.165, 1.54) is 0 Å². The van der Waals surface area contributed by atoms with E-state index in [4.69, 9.17) is 4.42 Å². The van der Waals surface area contributed by atoms with Crippen LogP contribution in [0.15, 0.2) is 33.5 Å². The predicted molar refractivity (Wildman–Crippen MR) is 79.3 cm³/mol. The van der Waals surface area contributed by atoms with Crippen LogP contribution < -0.4 is 5.69 Å². The molecule has 3 rings (SSSR count). The fraction of sp³-hybridized carbons (Fsp3) is 0.400. The Labute approximate surface area is 122 Å². The smallest absolute Gasteiger partial charge is 0.329 e. The van der Waals surface area contributed by atoms with Gasteiger partial charge in [0.15, 0.2) is 0 Å². The molecule has 0 unspecified atom stereocenters. The van der Waals surface area contributed by atoms with Gasteiger partial charge in [-0.15, -0.1) is 10.2 Å². The molecule has 6 heteroatoms. The van der Waals surface area contributed by atoms with E-state index in [2.05, 4.69) is 17.1 Å². The number of imidazole rings is 1. The van der Waals surface area contributed by atoms with Gasteiger partial charge in [0, 0.05) is 13.0 Å². The van der Waals surface area contributed by atoms with Crippen LogP contribution >= 0.6 is 0 Å². The summed E-state index contributed by atoms with van der Waals surface area (Å²) in [5, 5.41) is 7.94. The molecule has 0 fully saturated rings. The zero-order valence-electron chi connectivity index (χ0n) is 12.2. The van der Waals surface area contributed by atoms with E-state index in [0.717, 1.165) is 17.5 Å². The van der Waals surface area contributed by atoms with E-state index in [9.17, 15) is 4.79 Å². The van der Waals surface area contributed by atoms with Gasteiger partial charge < -0.3 is 4.42 Å². The number of rotatable bonds is 5. The van der Waals surface area contributed by atoms with Gasteiger partial charge in [0.25, 0.3) is 0 Å². The van der Waals surface area contributed by atoms with Gasteiger partial charge >= 0.3 is 5.69 Å². The number of aryl methyl sites for hydroxylation is 2. The quantitative estimate of drug-likeness (QED) is 0.721. The number of aromatic nitrogens is 4. The second kappa shape index (κ2) is 5.55. The van der Waals surface area contributed by atoms with Crippen molar-refractivity contribution in [3.05, 3.63) is 46.5 Å². The Bertz CT molecular complexity index is 813. The minimum Gasteiger partial charge on any atom is -0.423 e. The fourth-order valence-electron chi connectivity index (χ4n) is 2.50. The number of hydrogen-bond acceptors (Lipinski definition) is 4. The number of nitrogens with zero attached hydrogens (tertiary/aromatic N) is 4. The largest absolute Gasteiger partial charge is 0.423 e. The first-order chi connectivity index (χ1) is 10.2. The zero-order valence-corrected chi connectivity index (χ0v) is 12.2. The monoisotopic (exact) mass is 286 g/mol. The summed E-state index contributed by atoms with van der Waals surface area (Å²) in [6.07, 6.45) is 1.61. The lowest BCUT2D eigenvalue weighted by atomic mass is 10.3. The van der Waals surface area contributed by atoms with Crippen LogP contribution in [-0.2, 0) is 19.5 Å². The van der Waals surface area contributed by atoms with Gasteiger partial charge in [-0.25, -0.2) is 4.79 Å². The molecule has 0 amide bonds. The summed E-state index contributed by atoms with van der Waals surface area (Å²) in [7, 11) is 0. The molecule has 0 radical (unpaired) electrons. The Hall–Kier alpha value is -2.37. The van der Waals surface area contributed by atoms with Crippen LogP contribution in [0.25, 0.3) is 11.0 Å². The summed E-state index contributed by atoms with van der Waals surface area (Å²) < 4.78 is 9.01. The Kier molecular flexibility index (Phi) is 3.60. The first-order valence-electron chi connectivity index (χ1n) is 7.24. The van der Waals surface area contributed by atoms with Crippen molar-refractivity contribution < 1.29 is 4.42 Å². The van der Waals surface area contributed by atoms with Crippen molar-refractivity contribution in [3.8, 4) is 0 Å². The molecule has 6 nitrogen and oxygen atoms in total. The molecule has 0 N–H and O–H groups in total. The third-order valence-electron chi connectivity index (χ3n) is 3.48. The van der Waals surface area contributed by atoms with Crippen molar-refractivity contribution in [1.82, 2.24) is 19.3 Å². The molecule has 0 saturated heterocycles. The number of fused-ring (bicyclic) bond motifs is 1. The Morgan fingerprint density at radius 2 is 1.71 bits per heavy atom. The Morgan fingerprint density at radius 3 is 2.33 bits per heavy atom. The maximum absolute atomic E-state index is 12.6. The Balaban J connectivity index is 2.09. The molecular weight excluding hydrogens is 268 g/mol. The van der Waals surface area contributed by atoms with E-state index in [1.807, 2.05) is 31.2 Å². The molecule has 0 saturated carbocycles. The normalized spacial score (nSPS) is 11.3. The Morgan fingerprint density at radius 1 is 1.05 bits per heavy atom. The van der Waals surface area contributed by atoms with E-state index in [1.54, 1.807) is 9.13 Å². The molecule has 0 aliphatic carbocycles. The lowest BCUT2D eigenvalue weighted by molar-refractivity contribution is 0.440. The molecule has 21 heavy (non-hydrogen) atoms. The first-order valence-corrected chi connectivity index (χ1v) is 7.24. The second-order valence-electron chi connectivity index (χ2n) is 4.95. The van der Waals surface area contributed by atoms with Crippen LogP contribution in [-0.4, -0.2) is 19.3 Å². The van der Waals surface area contributed by atoms with Crippen LogP contribution in [0.1, 0.15) is 32.0 Å². The molecule has 0 bridgehead atoms. The lowest BCUT2D eigenvalue weighted by Crippen LogP contribution is -2.24. The molecule has 110 valence electrons. The highest BCUT2D eigenvalue weighted by Gasteiger charge is 2.14. The highest BCUT2D eigenvalue weighted by Crippen LogP contribution is 2.14. The van der Waals surface area contributed by atoms with E-state index >= 15 is 0 Å². The second-order valence-corrected chi connectivity index (χ2v) is 4.95. The van der Waals surface area contributed by atoms with Crippen LogP contribution in [0.4, 0.5) is 0 Å². The van der Waals surface area contributed by atoms with Crippen molar-refractivity contribution in [2.75, 3.05) is 0 Å². The van der Waals surface area contributed by atoms with Gasteiger partial charge in [-0.3, -0.25) is 9.13 Å². The molecule has 2 aromatic heterocycles. The molecule has 0 aliphatic heterocycles. The summed E-state index contributed by atoms with van der Waals surface area (Å²) in [6.45, 7) is 5.03. The highest BCUT2D eigenvalue weighted by molar-refractivity contribution is 5.76. The third kappa shape index (κ3) is 2.37. The van der Waals surface area contributed by atoms with E-state index in [-0.39, 0.29) is 5.69 Å². The van der Waals surface area contributed by atoms with Crippen molar-refractivity contribution in [1.29, 1.82) is 0 Å². The van der Waals surface area contributed by atoms with Gasteiger partial charge in [-0.2, -0.15) is 0 Å². The van der Waals surface area contributed by atoms with Crippen molar-refractivity contribution in [2.24, 2.45) is 0 Å². The van der Waals surface area contributed by atoms with Gasteiger partial charge in [0.05, 0.1) is 11.0 Å². The number of benzene rings is 1. The van der Waals surface area contributed by atoms with Gasteiger partial charge in [-0.1, -0.05) is 26.0 Å². The molecular formula is C15H18N4O2. The van der Waals surface area contributed by atoms with Crippen molar-refractivity contribution in [2.45, 2.75) is 39.8 Å².